The van der Waals surface area contributed by atoms with Gasteiger partial charge in [0.2, 0.25) is 0 Å². The Morgan fingerprint density at radius 2 is 2.00 bits per heavy atom. The Balaban J connectivity index is 2.06. The van der Waals surface area contributed by atoms with Crippen LogP contribution in [0.15, 0.2) is 0 Å². The molecule has 2 fully saturated rings. The SMILES string of the molecule is CCCNC1CCC(C(C)C)CC1S(=O)C1CCOC1C. The molecule has 0 spiro atoms. The van der Waals surface area contributed by atoms with Crippen LogP contribution < -0.4 is 5.32 Å². The van der Waals surface area contributed by atoms with Gasteiger partial charge in [-0.05, 0) is 57.4 Å². The van der Waals surface area contributed by atoms with Crippen molar-refractivity contribution in [1.82, 2.24) is 5.32 Å². The number of hydrogen-bond acceptors (Lipinski definition) is 3. The number of rotatable bonds is 6. The second-order valence-electron chi connectivity index (χ2n) is 7.15. The van der Waals surface area contributed by atoms with Crippen molar-refractivity contribution in [3.8, 4) is 0 Å². The van der Waals surface area contributed by atoms with Crippen molar-refractivity contribution in [2.24, 2.45) is 11.8 Å². The van der Waals surface area contributed by atoms with E-state index in [9.17, 15) is 4.21 Å². The smallest absolute Gasteiger partial charge is 0.0691 e. The zero-order valence-corrected chi connectivity index (χ0v) is 15.0. The first kappa shape index (κ1) is 17.4. The fourth-order valence-electron chi connectivity index (χ4n) is 3.83. The summed E-state index contributed by atoms with van der Waals surface area (Å²) in [6.07, 6.45) is 5.86. The lowest BCUT2D eigenvalue weighted by Gasteiger charge is -2.39. The van der Waals surface area contributed by atoms with Gasteiger partial charge >= 0.3 is 0 Å². The molecular weight excluding hydrogens is 282 g/mol. The Kier molecular flexibility index (Phi) is 6.70. The van der Waals surface area contributed by atoms with Gasteiger partial charge in [0.15, 0.2) is 0 Å². The molecule has 3 nitrogen and oxygen atoms in total. The van der Waals surface area contributed by atoms with Crippen LogP contribution in [0.3, 0.4) is 0 Å². The molecule has 0 aromatic carbocycles. The van der Waals surface area contributed by atoms with Gasteiger partial charge in [-0.1, -0.05) is 20.8 Å². The summed E-state index contributed by atoms with van der Waals surface area (Å²) in [6, 6.07) is 0.439. The van der Waals surface area contributed by atoms with E-state index >= 15 is 0 Å². The van der Waals surface area contributed by atoms with Crippen molar-refractivity contribution in [2.75, 3.05) is 13.2 Å². The summed E-state index contributed by atoms with van der Waals surface area (Å²) in [5, 5.41) is 4.22. The van der Waals surface area contributed by atoms with Crippen LogP contribution in [0.5, 0.6) is 0 Å². The third-order valence-electron chi connectivity index (χ3n) is 5.34. The van der Waals surface area contributed by atoms with Crippen LogP contribution in [0.25, 0.3) is 0 Å². The zero-order valence-electron chi connectivity index (χ0n) is 14.1. The molecule has 2 aliphatic rings. The molecule has 1 N–H and O–H groups in total. The maximum absolute atomic E-state index is 13.1. The average Bonchev–Trinajstić information content (AvgIpc) is 2.90. The standard InChI is InChI=1S/C17H33NO2S/c1-5-9-18-15-7-6-14(12(2)3)11-17(15)21(19)16-8-10-20-13(16)4/h12-18H,5-11H2,1-4H3. The molecule has 1 saturated heterocycles. The summed E-state index contributed by atoms with van der Waals surface area (Å²) < 4.78 is 18.8. The zero-order chi connectivity index (χ0) is 15.4. The van der Waals surface area contributed by atoms with E-state index in [-0.39, 0.29) is 11.4 Å². The Morgan fingerprint density at radius 1 is 1.24 bits per heavy atom. The van der Waals surface area contributed by atoms with Crippen LogP contribution in [0.1, 0.15) is 59.8 Å². The molecule has 1 aliphatic heterocycles. The molecule has 0 bridgehead atoms. The highest BCUT2D eigenvalue weighted by atomic mass is 32.2. The van der Waals surface area contributed by atoms with E-state index in [0.717, 1.165) is 38.3 Å². The predicted molar refractivity (Wildman–Crippen MR) is 90.0 cm³/mol. The van der Waals surface area contributed by atoms with Gasteiger partial charge < -0.3 is 10.1 Å². The molecule has 2 rings (SSSR count). The summed E-state index contributed by atoms with van der Waals surface area (Å²) in [6.45, 7) is 10.7. The quantitative estimate of drug-likeness (QED) is 0.818. The fraction of sp³-hybridized carbons (Fsp3) is 1.00. The normalized spacial score (nSPS) is 38.8. The van der Waals surface area contributed by atoms with Gasteiger partial charge in [0, 0.05) is 23.4 Å². The van der Waals surface area contributed by atoms with E-state index in [1.54, 1.807) is 0 Å². The van der Waals surface area contributed by atoms with Crippen LogP contribution in [0, 0.1) is 11.8 Å². The van der Waals surface area contributed by atoms with E-state index < -0.39 is 10.8 Å². The maximum atomic E-state index is 13.1. The summed E-state index contributed by atoms with van der Waals surface area (Å²) in [5.41, 5.74) is 0. The molecule has 0 amide bonds. The molecule has 4 heteroatoms. The van der Waals surface area contributed by atoms with Gasteiger partial charge in [0.1, 0.15) is 0 Å². The number of ether oxygens (including phenoxy) is 1. The topological polar surface area (TPSA) is 38.3 Å². The lowest BCUT2D eigenvalue weighted by atomic mass is 9.79. The molecule has 0 aromatic rings. The summed E-state index contributed by atoms with van der Waals surface area (Å²) in [4.78, 5) is 0. The number of nitrogens with one attached hydrogen (secondary N) is 1. The lowest BCUT2D eigenvalue weighted by Crippen LogP contribution is -2.50. The Labute approximate surface area is 133 Å². The van der Waals surface area contributed by atoms with Crippen molar-refractivity contribution in [3.05, 3.63) is 0 Å². The molecule has 0 aromatic heterocycles. The third kappa shape index (κ3) is 4.29. The third-order valence-corrected chi connectivity index (χ3v) is 7.67. The van der Waals surface area contributed by atoms with E-state index in [2.05, 4.69) is 33.0 Å². The summed E-state index contributed by atoms with van der Waals surface area (Å²) >= 11 is 0. The van der Waals surface area contributed by atoms with Crippen LogP contribution in [-0.4, -0.2) is 40.0 Å². The molecule has 1 aliphatic carbocycles. The van der Waals surface area contributed by atoms with Crippen molar-refractivity contribution in [3.63, 3.8) is 0 Å². The fourth-order valence-corrected chi connectivity index (χ4v) is 6.05. The Hall–Kier alpha value is 0.0700. The second-order valence-corrected chi connectivity index (χ2v) is 9.02. The monoisotopic (exact) mass is 315 g/mol. The second kappa shape index (κ2) is 8.07. The van der Waals surface area contributed by atoms with E-state index in [1.165, 1.54) is 12.8 Å². The molecule has 0 radical (unpaired) electrons. The van der Waals surface area contributed by atoms with Gasteiger partial charge in [-0.2, -0.15) is 0 Å². The highest BCUT2D eigenvalue weighted by Crippen LogP contribution is 2.35. The van der Waals surface area contributed by atoms with E-state index in [4.69, 9.17) is 4.74 Å². The Morgan fingerprint density at radius 3 is 2.57 bits per heavy atom. The van der Waals surface area contributed by atoms with Crippen molar-refractivity contribution < 1.29 is 8.95 Å². The van der Waals surface area contributed by atoms with Crippen LogP contribution >= 0.6 is 0 Å². The van der Waals surface area contributed by atoms with E-state index in [0.29, 0.717) is 17.2 Å². The molecular formula is C17H33NO2S. The Bertz CT molecular complexity index is 348. The van der Waals surface area contributed by atoms with Crippen LogP contribution in [-0.2, 0) is 15.5 Å². The lowest BCUT2D eigenvalue weighted by molar-refractivity contribution is 0.126. The van der Waals surface area contributed by atoms with Gasteiger partial charge in [0.25, 0.3) is 0 Å². The van der Waals surface area contributed by atoms with Gasteiger partial charge in [-0.25, -0.2) is 0 Å². The van der Waals surface area contributed by atoms with Crippen LogP contribution in [0.4, 0.5) is 0 Å². The maximum Gasteiger partial charge on any atom is 0.0691 e. The minimum absolute atomic E-state index is 0.164. The number of hydrogen-bond donors (Lipinski definition) is 1. The first-order valence-electron chi connectivity index (χ1n) is 8.79. The molecule has 21 heavy (non-hydrogen) atoms. The van der Waals surface area contributed by atoms with Crippen LogP contribution in [0.2, 0.25) is 0 Å². The average molecular weight is 316 g/mol. The van der Waals surface area contributed by atoms with Crippen molar-refractivity contribution in [1.29, 1.82) is 0 Å². The highest BCUT2D eigenvalue weighted by Gasteiger charge is 2.40. The molecule has 1 saturated carbocycles. The largest absolute Gasteiger partial charge is 0.377 e. The minimum Gasteiger partial charge on any atom is -0.377 e. The van der Waals surface area contributed by atoms with Gasteiger partial charge in [0.05, 0.1) is 16.6 Å². The first-order valence-corrected chi connectivity index (χ1v) is 10.1. The predicted octanol–water partition coefficient (Wildman–Crippen LogP) is 3.11. The first-order chi connectivity index (χ1) is 10.0. The molecule has 124 valence electrons. The van der Waals surface area contributed by atoms with E-state index in [1.807, 2.05) is 0 Å². The minimum atomic E-state index is -0.770. The van der Waals surface area contributed by atoms with Crippen molar-refractivity contribution in [2.45, 2.75) is 82.4 Å². The highest BCUT2D eigenvalue weighted by molar-refractivity contribution is 7.86. The molecule has 6 unspecified atom stereocenters. The van der Waals surface area contributed by atoms with Gasteiger partial charge in [-0.15, -0.1) is 0 Å². The molecule has 1 heterocycles. The summed E-state index contributed by atoms with van der Waals surface area (Å²) in [7, 11) is -0.770. The van der Waals surface area contributed by atoms with Crippen molar-refractivity contribution >= 4 is 10.8 Å². The summed E-state index contributed by atoms with van der Waals surface area (Å²) in [5.74, 6) is 1.44. The molecule has 6 atom stereocenters. The van der Waals surface area contributed by atoms with Gasteiger partial charge in [-0.3, -0.25) is 4.21 Å².